The highest BCUT2D eigenvalue weighted by atomic mass is 32.1. The third-order valence-corrected chi connectivity index (χ3v) is 6.84. The van der Waals surface area contributed by atoms with Crippen LogP contribution in [0.2, 0.25) is 0 Å². The number of hydrogen-bond acceptors (Lipinski definition) is 4. The molecule has 4 nitrogen and oxygen atoms in total. The number of carbonyl (C=O) groups excluding carboxylic acids is 1. The van der Waals surface area contributed by atoms with Crippen LogP contribution in [0.3, 0.4) is 0 Å². The van der Waals surface area contributed by atoms with Crippen LogP contribution in [0.25, 0.3) is 0 Å². The predicted octanol–water partition coefficient (Wildman–Crippen LogP) is 3.04. The topological polar surface area (TPSA) is 57.3 Å². The van der Waals surface area contributed by atoms with Crippen LogP contribution in [0, 0.1) is 11.3 Å². The number of nitrogens with zero attached hydrogens (tertiary/aromatic N) is 1. The fourth-order valence-corrected chi connectivity index (χ4v) is 5.48. The molecule has 3 aromatic rings. The summed E-state index contributed by atoms with van der Waals surface area (Å²) < 4.78 is 0. The Morgan fingerprint density at radius 1 is 1.19 bits per heavy atom. The molecule has 1 aliphatic heterocycles. The molecule has 6 heteroatoms. The van der Waals surface area contributed by atoms with Gasteiger partial charge in [0.15, 0.2) is 6.54 Å². The van der Waals surface area contributed by atoms with E-state index in [-0.39, 0.29) is 11.9 Å². The van der Waals surface area contributed by atoms with E-state index in [2.05, 4.69) is 40.3 Å². The summed E-state index contributed by atoms with van der Waals surface area (Å²) in [6, 6.07) is 16.4. The van der Waals surface area contributed by atoms with Gasteiger partial charge in [0.25, 0.3) is 5.91 Å². The van der Waals surface area contributed by atoms with Crippen molar-refractivity contribution in [3.8, 4) is 6.07 Å². The fourth-order valence-electron chi connectivity index (χ4n) is 3.66. The third-order valence-electron chi connectivity index (χ3n) is 4.91. The number of amides is 1. The van der Waals surface area contributed by atoms with Gasteiger partial charge in [-0.3, -0.25) is 4.79 Å². The van der Waals surface area contributed by atoms with Gasteiger partial charge in [-0.2, -0.15) is 5.26 Å². The molecule has 2 aromatic heterocycles. The first-order chi connectivity index (χ1) is 13.2. The van der Waals surface area contributed by atoms with E-state index < -0.39 is 0 Å². The number of benzene rings is 1. The van der Waals surface area contributed by atoms with E-state index in [1.54, 1.807) is 11.3 Å². The maximum Gasteiger partial charge on any atom is 0.279 e. The van der Waals surface area contributed by atoms with Crippen LogP contribution < -0.4 is 10.2 Å². The van der Waals surface area contributed by atoms with Gasteiger partial charge in [0.1, 0.15) is 6.04 Å². The lowest BCUT2D eigenvalue weighted by Crippen LogP contribution is -3.14. The number of anilines is 1. The van der Waals surface area contributed by atoms with Gasteiger partial charge in [0, 0.05) is 22.5 Å². The van der Waals surface area contributed by atoms with E-state index in [4.69, 9.17) is 5.26 Å². The largest absolute Gasteiger partial charge is 0.321 e. The van der Waals surface area contributed by atoms with Crippen molar-refractivity contribution >= 4 is 34.3 Å². The second-order valence-electron chi connectivity index (χ2n) is 6.66. The lowest BCUT2D eigenvalue weighted by atomic mass is 9.98. The Balaban J connectivity index is 1.48. The standard InChI is InChI=1S/C21H19N3OS2/c22-10-7-15-3-5-16(6-4-15)23-20(25)14-24-11-8-18-17(9-13-27-18)21(24)19-2-1-12-26-19/h1-6,9,12-13,21H,7-8,11,14H2,(H,23,25)/p+1/t21-/m1/s1. The van der Waals surface area contributed by atoms with Crippen LogP contribution in [0.15, 0.2) is 53.2 Å². The van der Waals surface area contributed by atoms with Gasteiger partial charge in [-0.15, -0.1) is 22.7 Å². The molecule has 4 rings (SSSR count). The average molecular weight is 395 g/mol. The molecule has 2 N–H and O–H groups in total. The molecule has 0 fully saturated rings. The number of thiophene rings is 2. The smallest absolute Gasteiger partial charge is 0.279 e. The Bertz CT molecular complexity index is 954. The van der Waals surface area contributed by atoms with Crippen molar-refractivity contribution in [1.29, 1.82) is 5.26 Å². The van der Waals surface area contributed by atoms with Gasteiger partial charge < -0.3 is 10.2 Å². The summed E-state index contributed by atoms with van der Waals surface area (Å²) in [4.78, 5) is 16.7. The summed E-state index contributed by atoms with van der Waals surface area (Å²) in [5, 5.41) is 16.0. The fraction of sp³-hybridized carbons (Fsp3) is 0.238. The van der Waals surface area contributed by atoms with Crippen molar-refractivity contribution in [3.63, 3.8) is 0 Å². The third kappa shape index (κ3) is 3.96. The number of rotatable bonds is 5. The van der Waals surface area contributed by atoms with Crippen LogP contribution in [0.5, 0.6) is 0 Å². The normalized spacial score (nSPS) is 18.5. The van der Waals surface area contributed by atoms with Crippen LogP contribution in [0.1, 0.15) is 26.9 Å². The molecule has 136 valence electrons. The van der Waals surface area contributed by atoms with Gasteiger partial charge >= 0.3 is 0 Å². The molecule has 3 heterocycles. The number of nitriles is 1. The van der Waals surface area contributed by atoms with Gasteiger partial charge in [0.05, 0.1) is 23.9 Å². The van der Waals surface area contributed by atoms with Gasteiger partial charge in [-0.05, 0) is 40.6 Å². The van der Waals surface area contributed by atoms with Crippen molar-refractivity contribution in [1.82, 2.24) is 0 Å². The molecular formula is C21H20N3OS2+. The van der Waals surface area contributed by atoms with Crippen molar-refractivity contribution in [2.75, 3.05) is 18.4 Å². The van der Waals surface area contributed by atoms with E-state index in [0.717, 1.165) is 24.2 Å². The molecule has 0 saturated carbocycles. The summed E-state index contributed by atoms with van der Waals surface area (Å²) in [7, 11) is 0. The van der Waals surface area contributed by atoms with Gasteiger partial charge in [-0.1, -0.05) is 18.2 Å². The van der Waals surface area contributed by atoms with E-state index >= 15 is 0 Å². The van der Waals surface area contributed by atoms with E-state index in [9.17, 15) is 4.79 Å². The lowest BCUT2D eigenvalue weighted by Gasteiger charge is -2.31. The highest BCUT2D eigenvalue weighted by Gasteiger charge is 2.35. The summed E-state index contributed by atoms with van der Waals surface area (Å²) >= 11 is 3.59. The first kappa shape index (κ1) is 17.9. The number of carbonyl (C=O) groups is 1. The summed E-state index contributed by atoms with van der Waals surface area (Å²) in [6.45, 7) is 1.41. The highest BCUT2D eigenvalue weighted by Crippen LogP contribution is 2.31. The quantitative estimate of drug-likeness (QED) is 0.699. The molecular weight excluding hydrogens is 374 g/mol. The molecule has 0 radical (unpaired) electrons. The number of hydrogen-bond donors (Lipinski definition) is 2. The number of quaternary nitrogens is 1. The van der Waals surface area contributed by atoms with Crippen LogP contribution in [-0.2, 0) is 17.6 Å². The Labute approximate surface area is 166 Å². The maximum absolute atomic E-state index is 12.7. The van der Waals surface area contributed by atoms with Gasteiger partial charge in [0.2, 0.25) is 0 Å². The molecule has 27 heavy (non-hydrogen) atoms. The minimum Gasteiger partial charge on any atom is -0.321 e. The zero-order valence-corrected chi connectivity index (χ0v) is 16.4. The zero-order chi connectivity index (χ0) is 18.6. The first-order valence-corrected chi connectivity index (χ1v) is 10.7. The van der Waals surface area contributed by atoms with Crippen molar-refractivity contribution in [3.05, 3.63) is 74.1 Å². The Hall–Kier alpha value is -2.46. The maximum atomic E-state index is 12.7. The summed E-state index contributed by atoms with van der Waals surface area (Å²) in [5.74, 6) is 0.0262. The molecule has 0 saturated heterocycles. The molecule has 1 aromatic carbocycles. The van der Waals surface area contributed by atoms with Crippen LogP contribution in [-0.4, -0.2) is 19.0 Å². The second kappa shape index (κ2) is 8.05. The van der Waals surface area contributed by atoms with E-state index in [1.165, 1.54) is 20.2 Å². The minimum absolute atomic E-state index is 0.0262. The van der Waals surface area contributed by atoms with Gasteiger partial charge in [-0.25, -0.2) is 0 Å². The van der Waals surface area contributed by atoms with E-state index in [1.807, 2.05) is 35.6 Å². The second-order valence-corrected chi connectivity index (χ2v) is 8.64. The lowest BCUT2D eigenvalue weighted by molar-refractivity contribution is -0.919. The Kier molecular flexibility index (Phi) is 5.35. The summed E-state index contributed by atoms with van der Waals surface area (Å²) in [6.07, 6.45) is 1.41. The molecule has 0 bridgehead atoms. The summed E-state index contributed by atoms with van der Waals surface area (Å²) in [5.41, 5.74) is 3.11. The Morgan fingerprint density at radius 2 is 2.04 bits per heavy atom. The number of nitrogens with one attached hydrogen (secondary N) is 2. The number of fused-ring (bicyclic) bond motifs is 1. The first-order valence-electron chi connectivity index (χ1n) is 8.94. The van der Waals surface area contributed by atoms with E-state index in [0.29, 0.717) is 13.0 Å². The molecule has 0 spiro atoms. The SMILES string of the molecule is N#CCc1ccc(NC(=O)C[NH+]2CCc3sccc3[C@@H]2c2cccs2)cc1. The minimum atomic E-state index is 0.0262. The van der Waals surface area contributed by atoms with Crippen LogP contribution in [0.4, 0.5) is 5.69 Å². The average Bonchev–Trinajstić information content (AvgIpc) is 3.35. The zero-order valence-electron chi connectivity index (χ0n) is 14.8. The molecule has 1 unspecified atom stereocenters. The van der Waals surface area contributed by atoms with Crippen molar-refractivity contribution in [2.24, 2.45) is 0 Å². The molecule has 1 amide bonds. The van der Waals surface area contributed by atoms with Crippen LogP contribution >= 0.6 is 22.7 Å². The highest BCUT2D eigenvalue weighted by molar-refractivity contribution is 7.10. The van der Waals surface area contributed by atoms with Crippen molar-refractivity contribution in [2.45, 2.75) is 18.9 Å². The molecule has 0 aliphatic carbocycles. The predicted molar refractivity (Wildman–Crippen MR) is 109 cm³/mol. The van der Waals surface area contributed by atoms with Crippen molar-refractivity contribution < 1.29 is 9.69 Å². The molecule has 2 atom stereocenters. The monoisotopic (exact) mass is 394 g/mol. The Morgan fingerprint density at radius 3 is 2.78 bits per heavy atom. The molecule has 1 aliphatic rings.